The van der Waals surface area contributed by atoms with E-state index in [1.165, 1.54) is 35.2 Å². The third-order valence-electron chi connectivity index (χ3n) is 14.2. The van der Waals surface area contributed by atoms with Crippen LogP contribution in [0.5, 0.6) is 11.6 Å². The molecule has 79 heavy (non-hydrogen) atoms. The third-order valence-corrected chi connectivity index (χ3v) is 16.0. The first-order chi connectivity index (χ1) is 38.2. The van der Waals surface area contributed by atoms with Gasteiger partial charge in [0.15, 0.2) is 5.65 Å². The number of anilines is 4. The van der Waals surface area contributed by atoms with Crippen LogP contribution in [0.1, 0.15) is 62.3 Å². The Morgan fingerprint density at radius 2 is 1.66 bits per heavy atom. The van der Waals surface area contributed by atoms with Crippen LogP contribution in [0.15, 0.2) is 78.0 Å². The number of hydrogen-bond donors (Lipinski definition) is 4. The van der Waals surface area contributed by atoms with Crippen LogP contribution < -0.4 is 30.3 Å². The first kappa shape index (κ1) is 58.8. The molecule has 1 atom stereocenters. The highest BCUT2D eigenvalue weighted by atomic mass is 32.2. The van der Waals surface area contributed by atoms with Crippen LogP contribution in [0.4, 0.5) is 36.2 Å². The number of aliphatic hydroxyl groups is 1. The molecule has 6 aromatic rings. The predicted molar refractivity (Wildman–Crippen MR) is 299 cm³/mol. The van der Waals surface area contributed by atoms with E-state index in [4.69, 9.17) is 28.7 Å². The summed E-state index contributed by atoms with van der Waals surface area (Å²) in [6, 6.07) is 17.7. The summed E-state index contributed by atoms with van der Waals surface area (Å²) in [6.45, 7) is 6.54. The molecule has 2 fully saturated rings. The number of ether oxygens (including phenoxy) is 5. The molecule has 428 valence electrons. The van der Waals surface area contributed by atoms with Crippen molar-refractivity contribution in [2.24, 2.45) is 0 Å². The Morgan fingerprint density at radius 3 is 2.38 bits per heavy atom. The average molecular weight is 1120 g/mol. The second-order valence-corrected chi connectivity index (χ2v) is 21.7. The number of nitrogens with one attached hydrogen (secondary N) is 3. The number of sulfonamides is 1. The fourth-order valence-corrected chi connectivity index (χ4v) is 11.0. The zero-order chi connectivity index (χ0) is 55.8. The minimum atomic E-state index is -4.46. The van der Waals surface area contributed by atoms with Gasteiger partial charge in [0.25, 0.3) is 0 Å². The van der Waals surface area contributed by atoms with E-state index in [-0.39, 0.29) is 61.3 Å². The number of alkyl halides is 3. The summed E-state index contributed by atoms with van der Waals surface area (Å²) in [5.74, 6) is 8.33. The van der Waals surface area contributed by atoms with Crippen LogP contribution in [0, 0.1) is 11.8 Å². The first-order valence-electron chi connectivity index (χ1n) is 27.1. The lowest BCUT2D eigenvalue weighted by molar-refractivity contribution is -0.140. The van der Waals surface area contributed by atoms with Gasteiger partial charge in [-0.15, -0.1) is 0 Å². The van der Waals surface area contributed by atoms with E-state index in [1.54, 1.807) is 30.5 Å². The average Bonchev–Trinajstić information content (AvgIpc) is 4.26. The molecular weight excluding hydrogens is 1040 g/mol. The van der Waals surface area contributed by atoms with Crippen molar-refractivity contribution in [1.29, 1.82) is 0 Å². The minimum Gasteiger partial charge on any atom is -0.495 e. The van der Waals surface area contributed by atoms with Crippen molar-refractivity contribution in [1.82, 2.24) is 33.4 Å². The number of aromatic nitrogens is 5. The molecule has 4 N–H and O–H groups in total. The Labute approximate surface area is 460 Å². The second-order valence-electron chi connectivity index (χ2n) is 19.7. The van der Waals surface area contributed by atoms with Crippen molar-refractivity contribution in [3.8, 4) is 23.5 Å². The van der Waals surface area contributed by atoms with Crippen molar-refractivity contribution in [3.63, 3.8) is 0 Å². The van der Waals surface area contributed by atoms with Gasteiger partial charge in [0.2, 0.25) is 15.9 Å². The van der Waals surface area contributed by atoms with Gasteiger partial charge in [-0.1, -0.05) is 25.0 Å². The number of likely N-dealkylation sites (tertiary alicyclic amines) is 1. The normalized spacial score (nSPS) is 15.7. The minimum absolute atomic E-state index is 0.0110. The summed E-state index contributed by atoms with van der Waals surface area (Å²) in [6.07, 6.45) is 5.87. The number of likely N-dealkylation sites (N-methyl/N-ethyl adjacent to an activating group) is 1. The lowest BCUT2D eigenvalue weighted by Crippen LogP contribution is -2.40. The van der Waals surface area contributed by atoms with E-state index in [9.17, 15) is 26.7 Å². The molecule has 2 aliphatic rings. The van der Waals surface area contributed by atoms with Crippen LogP contribution in [0.3, 0.4) is 0 Å². The SMILES string of the molecule is CCc1cnn2c(NCc3ccc(OCCOCCOCCOCCN(C)S(=O)(=O)c4ccc(NCC#Cc5cc6c(NC7CCN(C)CC7)cccc6n5CC(F)(F)F)c(OC)c4)nc3)cc(N3CCCC[C@H]3CCO)nc12. The maximum absolute atomic E-state index is 13.8. The number of rotatable bonds is 28. The topological polar surface area (TPSA) is 194 Å². The number of fused-ring (bicyclic) bond motifs is 2. The van der Waals surface area contributed by atoms with Crippen LogP contribution >= 0.6 is 0 Å². The molecule has 0 radical (unpaired) electrons. The van der Waals surface area contributed by atoms with Crippen LogP contribution in [0.2, 0.25) is 0 Å². The van der Waals surface area contributed by atoms with E-state index in [2.05, 4.69) is 61.6 Å². The van der Waals surface area contributed by atoms with Gasteiger partial charge in [0.1, 0.15) is 30.5 Å². The Balaban J connectivity index is 0.708. The molecule has 23 heteroatoms. The summed E-state index contributed by atoms with van der Waals surface area (Å²) in [4.78, 5) is 14.1. The van der Waals surface area contributed by atoms with E-state index in [0.717, 1.165) is 92.3 Å². The van der Waals surface area contributed by atoms with E-state index >= 15 is 0 Å². The summed E-state index contributed by atoms with van der Waals surface area (Å²) < 4.78 is 101. The number of pyridine rings is 1. The molecule has 6 heterocycles. The molecule has 0 unspecified atom stereocenters. The van der Waals surface area contributed by atoms with E-state index < -0.39 is 22.7 Å². The quantitative estimate of drug-likeness (QED) is 0.0283. The lowest BCUT2D eigenvalue weighted by Gasteiger charge is -2.36. The fraction of sp³-hybridized carbons (Fsp3) is 0.518. The summed E-state index contributed by atoms with van der Waals surface area (Å²) in [7, 11) is 1.04. The molecule has 2 aromatic carbocycles. The van der Waals surface area contributed by atoms with Gasteiger partial charge >= 0.3 is 6.18 Å². The third kappa shape index (κ3) is 15.9. The van der Waals surface area contributed by atoms with Crippen LogP contribution in [-0.2, 0) is 43.7 Å². The number of halogens is 3. The maximum Gasteiger partial charge on any atom is 0.406 e. The fourth-order valence-electron chi connectivity index (χ4n) is 9.79. The number of hydrogen-bond acceptors (Lipinski definition) is 16. The Kier molecular flexibility index (Phi) is 20.9. The molecular formula is C56H74F3N11O8S. The monoisotopic (exact) mass is 1120 g/mol. The van der Waals surface area contributed by atoms with Crippen molar-refractivity contribution < 1.29 is 50.4 Å². The maximum atomic E-state index is 13.8. The standard InChI is InChI=1S/C56H74F3N11O8S/c1-5-42-39-63-70-52(36-53(65-55(42)70)68-22-7-6-10-44(68)20-26-71)61-37-41-14-17-54(62-38-41)78-33-32-77-31-30-76-29-28-75-27-25-67(3)79(72,73)46-15-16-49(51(35-46)74-4)60-21-9-11-45-34-47-48(64-43-18-23-66(2)24-19-43)12-8-13-50(47)69(45)40-56(57,58)59/h8,12-17,34-36,38-39,43-44,60-61,64,71H,5-7,10,18-33,37,40H2,1-4H3/t44-/m0/s1. The lowest BCUT2D eigenvalue weighted by atomic mass is 9.99. The highest BCUT2D eigenvalue weighted by molar-refractivity contribution is 7.89. The number of methoxy groups -OCH3 is 1. The number of nitrogens with zero attached hydrogens (tertiary/aromatic N) is 8. The Hall–Kier alpha value is -6.39. The number of aliphatic hydroxyl groups excluding tert-OH is 1. The summed E-state index contributed by atoms with van der Waals surface area (Å²) >= 11 is 0. The highest BCUT2D eigenvalue weighted by Gasteiger charge is 2.31. The van der Waals surface area contributed by atoms with Gasteiger partial charge in [-0.25, -0.2) is 18.4 Å². The van der Waals surface area contributed by atoms with Crippen molar-refractivity contribution in [2.75, 3.05) is 128 Å². The smallest absolute Gasteiger partial charge is 0.406 e. The first-order valence-corrected chi connectivity index (χ1v) is 28.5. The van der Waals surface area contributed by atoms with Gasteiger partial charge in [0, 0.05) is 86.4 Å². The summed E-state index contributed by atoms with van der Waals surface area (Å²) in [5.41, 5.74) is 4.79. The number of benzene rings is 2. The zero-order valence-corrected chi connectivity index (χ0v) is 46.4. The number of aryl methyl sites for hydroxylation is 1. The van der Waals surface area contributed by atoms with Crippen molar-refractivity contribution in [3.05, 3.63) is 89.9 Å². The van der Waals surface area contributed by atoms with Crippen molar-refractivity contribution in [2.45, 2.75) is 88.1 Å². The molecule has 8 rings (SSSR count). The molecule has 0 aliphatic carbocycles. The second kappa shape index (κ2) is 28.2. The number of piperidine rings is 2. The van der Waals surface area contributed by atoms with E-state index in [0.29, 0.717) is 68.5 Å². The molecule has 2 saturated heterocycles. The molecule has 4 aromatic heterocycles. The molecule has 0 amide bonds. The van der Waals surface area contributed by atoms with E-state index in [1.807, 2.05) is 35.0 Å². The zero-order valence-electron chi connectivity index (χ0n) is 45.6. The van der Waals surface area contributed by atoms with Crippen molar-refractivity contribution >= 4 is 49.6 Å². The largest absolute Gasteiger partial charge is 0.495 e. The molecule has 2 aliphatic heterocycles. The molecule has 0 bridgehead atoms. The van der Waals surface area contributed by atoms with Gasteiger partial charge in [-0.3, -0.25) is 0 Å². The van der Waals surface area contributed by atoms with Gasteiger partial charge in [0.05, 0.1) is 81.3 Å². The highest BCUT2D eigenvalue weighted by Crippen LogP contribution is 2.33. The van der Waals surface area contributed by atoms with Crippen LogP contribution in [-0.4, -0.2) is 172 Å². The van der Waals surface area contributed by atoms with Crippen LogP contribution in [0.25, 0.3) is 16.6 Å². The molecule has 19 nitrogen and oxygen atoms in total. The van der Waals surface area contributed by atoms with Gasteiger partial charge in [-0.2, -0.15) is 27.1 Å². The summed E-state index contributed by atoms with van der Waals surface area (Å²) in [5, 5.41) is 25.2. The van der Waals surface area contributed by atoms with Gasteiger partial charge in [-0.05, 0) is 107 Å². The Bertz CT molecular complexity index is 3080. The predicted octanol–water partition coefficient (Wildman–Crippen LogP) is 7.28. The molecule has 0 spiro atoms. The molecule has 0 saturated carbocycles. The van der Waals surface area contributed by atoms with Gasteiger partial charge < -0.3 is 59.1 Å². The Morgan fingerprint density at radius 1 is 0.886 bits per heavy atom.